The Balaban J connectivity index is 1.66. The molecule has 0 amide bonds. The van der Waals surface area contributed by atoms with Crippen LogP contribution in [0.3, 0.4) is 0 Å². The number of hydrogen-bond donors (Lipinski definition) is 1. The van der Waals surface area contributed by atoms with Crippen molar-refractivity contribution in [1.82, 2.24) is 10.2 Å². The first kappa shape index (κ1) is 11.9. The van der Waals surface area contributed by atoms with Gasteiger partial charge >= 0.3 is 0 Å². The molecule has 1 unspecified atom stereocenters. The molecule has 19 heavy (non-hydrogen) atoms. The number of hydrogen-bond acceptors (Lipinski definition) is 4. The second-order valence-corrected chi connectivity index (χ2v) is 7.16. The molecule has 0 radical (unpaired) electrons. The lowest BCUT2D eigenvalue weighted by molar-refractivity contribution is -0.0183. The van der Waals surface area contributed by atoms with E-state index in [-0.39, 0.29) is 11.5 Å². The number of rotatable bonds is 3. The topological polar surface area (TPSA) is 64.9 Å². The van der Waals surface area contributed by atoms with E-state index in [9.17, 15) is 0 Å². The number of aromatic nitrogens is 2. The molecule has 4 aliphatic rings. The third kappa shape index (κ3) is 1.76. The Morgan fingerprint density at radius 1 is 1.16 bits per heavy atom. The Hall–Kier alpha value is -0.900. The van der Waals surface area contributed by atoms with Crippen LogP contribution in [0.1, 0.15) is 69.7 Å². The van der Waals surface area contributed by atoms with E-state index in [1.54, 1.807) is 0 Å². The van der Waals surface area contributed by atoms with Crippen molar-refractivity contribution in [2.45, 2.75) is 63.3 Å². The fourth-order valence-corrected chi connectivity index (χ4v) is 5.15. The first-order valence-electron chi connectivity index (χ1n) is 7.78. The Bertz CT molecular complexity index is 446. The minimum absolute atomic E-state index is 0.102. The van der Waals surface area contributed by atoms with Crippen LogP contribution < -0.4 is 5.73 Å². The van der Waals surface area contributed by atoms with Gasteiger partial charge in [0, 0.05) is 5.41 Å². The third-order valence-electron chi connectivity index (χ3n) is 5.69. The van der Waals surface area contributed by atoms with Crippen LogP contribution in [0.4, 0.5) is 0 Å². The highest BCUT2D eigenvalue weighted by Gasteiger charge is 2.54. The summed E-state index contributed by atoms with van der Waals surface area (Å²) >= 11 is 0. The van der Waals surface area contributed by atoms with Crippen molar-refractivity contribution < 1.29 is 4.42 Å². The van der Waals surface area contributed by atoms with Crippen LogP contribution in [-0.4, -0.2) is 10.2 Å². The normalized spacial score (nSPS) is 41.7. The molecular weight excluding hydrogens is 238 g/mol. The lowest BCUT2D eigenvalue weighted by Crippen LogP contribution is -2.48. The fraction of sp³-hybridized carbons (Fsp3) is 0.867. The monoisotopic (exact) mass is 261 g/mol. The standard InChI is InChI=1S/C15H23N3O/c1-2-12(16)13-17-18-14(19-13)15-6-9-3-10(7-15)5-11(4-9)8-15/h9-12H,2-8,16H2,1H3. The average Bonchev–Trinajstić information content (AvgIpc) is 2.86. The summed E-state index contributed by atoms with van der Waals surface area (Å²) in [7, 11) is 0. The number of nitrogens with zero attached hydrogens (tertiary/aromatic N) is 2. The van der Waals surface area contributed by atoms with Crippen LogP contribution in [0.25, 0.3) is 0 Å². The highest BCUT2D eigenvalue weighted by molar-refractivity contribution is 5.15. The molecule has 5 rings (SSSR count). The summed E-state index contributed by atoms with van der Waals surface area (Å²) in [5.74, 6) is 4.24. The van der Waals surface area contributed by atoms with Crippen molar-refractivity contribution in [2.75, 3.05) is 0 Å². The Morgan fingerprint density at radius 2 is 1.74 bits per heavy atom. The van der Waals surface area contributed by atoms with Crippen LogP contribution in [0.2, 0.25) is 0 Å². The van der Waals surface area contributed by atoms with Gasteiger partial charge in [-0.25, -0.2) is 0 Å². The summed E-state index contributed by atoms with van der Waals surface area (Å²) in [6.45, 7) is 2.05. The van der Waals surface area contributed by atoms with Crippen LogP contribution in [0.15, 0.2) is 4.42 Å². The lowest BCUT2D eigenvalue weighted by Gasteiger charge is -2.55. The third-order valence-corrected chi connectivity index (χ3v) is 5.69. The zero-order chi connectivity index (χ0) is 13.0. The summed E-state index contributed by atoms with van der Waals surface area (Å²) in [6, 6.07) is -0.102. The largest absolute Gasteiger partial charge is 0.423 e. The summed E-state index contributed by atoms with van der Waals surface area (Å²) in [4.78, 5) is 0. The maximum Gasteiger partial charge on any atom is 0.233 e. The minimum atomic E-state index is -0.102. The molecule has 4 bridgehead atoms. The summed E-state index contributed by atoms with van der Waals surface area (Å²) in [5.41, 5.74) is 6.20. The number of nitrogens with two attached hydrogens (primary N) is 1. The predicted octanol–water partition coefficient (Wildman–Crippen LogP) is 2.95. The van der Waals surface area contributed by atoms with Gasteiger partial charge in [-0.15, -0.1) is 10.2 Å². The molecule has 4 heteroatoms. The molecule has 104 valence electrons. The van der Waals surface area contributed by atoms with Gasteiger partial charge in [-0.3, -0.25) is 0 Å². The smallest absolute Gasteiger partial charge is 0.233 e. The first-order valence-corrected chi connectivity index (χ1v) is 7.78. The Morgan fingerprint density at radius 3 is 2.26 bits per heavy atom. The van der Waals surface area contributed by atoms with Gasteiger partial charge in [-0.2, -0.15) is 0 Å². The molecule has 4 saturated carbocycles. The quantitative estimate of drug-likeness (QED) is 0.908. The van der Waals surface area contributed by atoms with Crippen molar-refractivity contribution in [2.24, 2.45) is 23.5 Å². The molecule has 1 aromatic rings. The first-order chi connectivity index (χ1) is 9.18. The predicted molar refractivity (Wildman–Crippen MR) is 71.4 cm³/mol. The van der Waals surface area contributed by atoms with Crippen LogP contribution >= 0.6 is 0 Å². The van der Waals surface area contributed by atoms with Crippen molar-refractivity contribution >= 4 is 0 Å². The van der Waals surface area contributed by atoms with E-state index in [1.165, 1.54) is 38.5 Å². The second kappa shape index (κ2) is 4.05. The summed E-state index contributed by atoms with van der Waals surface area (Å²) in [5, 5.41) is 8.58. The molecule has 4 fully saturated rings. The van der Waals surface area contributed by atoms with E-state index in [0.717, 1.165) is 30.1 Å². The van der Waals surface area contributed by atoms with Crippen LogP contribution in [-0.2, 0) is 5.41 Å². The molecule has 2 N–H and O–H groups in total. The SMILES string of the molecule is CCC(N)c1nnc(C23CC4CC(CC(C4)C2)C3)o1. The van der Waals surface area contributed by atoms with Crippen molar-refractivity contribution in [3.05, 3.63) is 11.8 Å². The van der Waals surface area contributed by atoms with Crippen molar-refractivity contribution in [3.8, 4) is 0 Å². The summed E-state index contributed by atoms with van der Waals surface area (Å²) < 4.78 is 5.97. The molecule has 1 heterocycles. The highest BCUT2D eigenvalue weighted by Crippen LogP contribution is 2.60. The molecule has 0 aliphatic heterocycles. The van der Waals surface area contributed by atoms with Gasteiger partial charge < -0.3 is 10.2 Å². The lowest BCUT2D eigenvalue weighted by atomic mass is 9.49. The maximum absolute atomic E-state index is 6.00. The molecule has 0 aromatic carbocycles. The minimum Gasteiger partial charge on any atom is -0.423 e. The molecule has 1 atom stereocenters. The Kier molecular flexibility index (Phi) is 2.53. The van der Waals surface area contributed by atoms with Gasteiger partial charge in [0.1, 0.15) is 0 Å². The molecule has 4 aliphatic carbocycles. The van der Waals surface area contributed by atoms with E-state index in [4.69, 9.17) is 10.2 Å². The van der Waals surface area contributed by atoms with Gasteiger partial charge in [-0.05, 0) is 62.7 Å². The van der Waals surface area contributed by atoms with E-state index in [0.29, 0.717) is 5.89 Å². The molecular formula is C15H23N3O. The maximum atomic E-state index is 6.00. The zero-order valence-electron chi connectivity index (χ0n) is 11.6. The van der Waals surface area contributed by atoms with Gasteiger partial charge in [0.15, 0.2) is 0 Å². The van der Waals surface area contributed by atoms with Gasteiger partial charge in [0.2, 0.25) is 11.8 Å². The zero-order valence-corrected chi connectivity index (χ0v) is 11.6. The fourth-order valence-electron chi connectivity index (χ4n) is 5.15. The van der Waals surface area contributed by atoms with Crippen molar-refractivity contribution in [3.63, 3.8) is 0 Å². The van der Waals surface area contributed by atoms with Gasteiger partial charge in [-0.1, -0.05) is 6.92 Å². The average molecular weight is 261 g/mol. The van der Waals surface area contributed by atoms with E-state index in [1.807, 2.05) is 0 Å². The summed E-state index contributed by atoms with van der Waals surface area (Å²) in [6.07, 6.45) is 8.96. The highest BCUT2D eigenvalue weighted by atomic mass is 16.4. The molecule has 0 spiro atoms. The van der Waals surface area contributed by atoms with Gasteiger partial charge in [0.05, 0.1) is 6.04 Å². The van der Waals surface area contributed by atoms with E-state index >= 15 is 0 Å². The van der Waals surface area contributed by atoms with E-state index in [2.05, 4.69) is 17.1 Å². The molecule has 1 aromatic heterocycles. The van der Waals surface area contributed by atoms with E-state index < -0.39 is 0 Å². The Labute approximate surface area is 114 Å². The van der Waals surface area contributed by atoms with Crippen LogP contribution in [0.5, 0.6) is 0 Å². The van der Waals surface area contributed by atoms with Gasteiger partial charge in [0.25, 0.3) is 0 Å². The second-order valence-electron chi connectivity index (χ2n) is 7.16. The van der Waals surface area contributed by atoms with Crippen LogP contribution in [0, 0.1) is 17.8 Å². The van der Waals surface area contributed by atoms with Crippen molar-refractivity contribution in [1.29, 1.82) is 0 Å². The molecule has 4 nitrogen and oxygen atoms in total. The molecule has 0 saturated heterocycles.